The Labute approximate surface area is 184 Å². The highest BCUT2D eigenvalue weighted by Gasteiger charge is 2.48. The highest BCUT2D eigenvalue weighted by atomic mass is 35.5. The predicted molar refractivity (Wildman–Crippen MR) is 116 cm³/mol. The molecular weight excluding hydrogens is 451 g/mol. The molecule has 0 spiro atoms. The molecule has 2 unspecified atom stereocenters. The number of halogens is 2. The molecule has 7 nitrogen and oxygen atoms in total. The van der Waals surface area contributed by atoms with Gasteiger partial charge in [0.25, 0.3) is 10.0 Å². The molecule has 0 saturated carbocycles. The summed E-state index contributed by atoms with van der Waals surface area (Å²) in [5, 5.41) is 14.9. The van der Waals surface area contributed by atoms with Crippen LogP contribution in [0.25, 0.3) is 0 Å². The van der Waals surface area contributed by atoms with Crippen LogP contribution in [0.2, 0.25) is 5.02 Å². The summed E-state index contributed by atoms with van der Waals surface area (Å²) in [7, 11) is -2.80. The standard InChI is InChI=1S/C19H24ClFN4O3S2/c1-24(18-22-6-8-29-18)30(27,28)17-9-14(20)16(10-15(17)21)23-12-19-4-2-7-25(19)13(11-26)3-5-19/h6,8-10,13,23,26H,2-5,7,11-12H2,1H3. The Hall–Kier alpha value is -1.46. The maximum absolute atomic E-state index is 14.8. The molecule has 1 aromatic carbocycles. The van der Waals surface area contributed by atoms with Gasteiger partial charge < -0.3 is 10.4 Å². The lowest BCUT2D eigenvalue weighted by atomic mass is 9.94. The lowest BCUT2D eigenvalue weighted by molar-refractivity contribution is 0.113. The molecule has 2 aliphatic rings. The Kier molecular flexibility index (Phi) is 5.97. The summed E-state index contributed by atoms with van der Waals surface area (Å²) in [6.45, 7) is 1.64. The molecule has 30 heavy (non-hydrogen) atoms. The van der Waals surface area contributed by atoms with Gasteiger partial charge in [-0.3, -0.25) is 4.90 Å². The molecule has 0 amide bonds. The molecule has 2 fully saturated rings. The second-order valence-corrected chi connectivity index (χ2v) is 11.0. The Bertz CT molecular complexity index is 1020. The van der Waals surface area contributed by atoms with Crippen molar-refractivity contribution in [2.45, 2.75) is 42.2 Å². The number of hydrogen-bond donors (Lipinski definition) is 2. The van der Waals surface area contributed by atoms with Gasteiger partial charge in [0.05, 0.1) is 17.3 Å². The van der Waals surface area contributed by atoms with Crippen molar-refractivity contribution in [1.82, 2.24) is 9.88 Å². The number of sulfonamides is 1. The molecule has 11 heteroatoms. The Balaban J connectivity index is 1.55. The van der Waals surface area contributed by atoms with E-state index in [2.05, 4.69) is 15.2 Å². The number of aliphatic hydroxyl groups excluding tert-OH is 1. The van der Waals surface area contributed by atoms with Gasteiger partial charge in [-0.1, -0.05) is 11.6 Å². The lowest BCUT2D eigenvalue weighted by Crippen LogP contribution is -2.48. The molecule has 2 aromatic rings. The van der Waals surface area contributed by atoms with Gasteiger partial charge in [-0.05, 0) is 44.4 Å². The zero-order valence-corrected chi connectivity index (χ0v) is 18.9. The summed E-state index contributed by atoms with van der Waals surface area (Å²) in [4.78, 5) is 5.82. The highest BCUT2D eigenvalue weighted by Crippen LogP contribution is 2.43. The quantitative estimate of drug-likeness (QED) is 0.641. The minimum atomic E-state index is -4.13. The SMILES string of the molecule is CN(c1nccs1)S(=O)(=O)c1cc(Cl)c(NCC23CCCN2C(CO)CC3)cc1F. The van der Waals surface area contributed by atoms with E-state index in [9.17, 15) is 17.9 Å². The molecule has 0 bridgehead atoms. The van der Waals surface area contributed by atoms with Gasteiger partial charge in [-0.15, -0.1) is 11.3 Å². The third-order valence-electron chi connectivity index (χ3n) is 6.20. The van der Waals surface area contributed by atoms with Crippen molar-refractivity contribution >= 4 is 43.8 Å². The van der Waals surface area contributed by atoms with E-state index in [-0.39, 0.29) is 28.3 Å². The molecule has 0 aliphatic carbocycles. The van der Waals surface area contributed by atoms with Crippen molar-refractivity contribution < 1.29 is 17.9 Å². The van der Waals surface area contributed by atoms with Crippen LogP contribution >= 0.6 is 22.9 Å². The maximum Gasteiger partial charge on any atom is 0.268 e. The van der Waals surface area contributed by atoms with E-state index in [1.807, 2.05) is 0 Å². The topological polar surface area (TPSA) is 85.8 Å². The Morgan fingerprint density at radius 1 is 1.47 bits per heavy atom. The molecule has 4 rings (SSSR count). The van der Waals surface area contributed by atoms with Crippen LogP contribution in [0, 0.1) is 5.82 Å². The van der Waals surface area contributed by atoms with Crippen molar-refractivity contribution in [3.8, 4) is 0 Å². The number of aliphatic hydroxyl groups is 1. The zero-order valence-electron chi connectivity index (χ0n) is 16.5. The second kappa shape index (κ2) is 8.23. The first-order valence-corrected chi connectivity index (χ1v) is 12.5. The average Bonchev–Trinajstić information content (AvgIpc) is 3.44. The van der Waals surface area contributed by atoms with Gasteiger partial charge in [0.2, 0.25) is 0 Å². The molecule has 2 atom stereocenters. The van der Waals surface area contributed by atoms with Crippen LogP contribution in [-0.4, -0.2) is 61.7 Å². The van der Waals surface area contributed by atoms with Crippen LogP contribution in [0.1, 0.15) is 25.7 Å². The molecule has 3 heterocycles. The monoisotopic (exact) mass is 474 g/mol. The molecule has 2 N–H and O–H groups in total. The van der Waals surface area contributed by atoms with Crippen LogP contribution < -0.4 is 9.62 Å². The largest absolute Gasteiger partial charge is 0.395 e. The molecular formula is C19H24ClFN4O3S2. The summed E-state index contributed by atoms with van der Waals surface area (Å²) in [5.74, 6) is -0.870. The third kappa shape index (κ3) is 3.69. The van der Waals surface area contributed by atoms with Gasteiger partial charge in [-0.25, -0.2) is 22.1 Å². The lowest BCUT2D eigenvalue weighted by Gasteiger charge is -2.35. The van der Waals surface area contributed by atoms with E-state index in [0.29, 0.717) is 12.2 Å². The minimum absolute atomic E-state index is 0.0803. The Morgan fingerprint density at radius 3 is 2.97 bits per heavy atom. The van der Waals surface area contributed by atoms with Gasteiger partial charge >= 0.3 is 0 Å². The summed E-state index contributed by atoms with van der Waals surface area (Å²) in [6.07, 6.45) is 5.43. The van der Waals surface area contributed by atoms with E-state index in [1.165, 1.54) is 13.2 Å². The Morgan fingerprint density at radius 2 is 2.27 bits per heavy atom. The highest BCUT2D eigenvalue weighted by molar-refractivity contribution is 7.93. The fraction of sp³-hybridized carbons (Fsp3) is 0.526. The predicted octanol–water partition coefficient (Wildman–Crippen LogP) is 3.16. The fourth-order valence-electron chi connectivity index (χ4n) is 4.60. The number of fused-ring (bicyclic) bond motifs is 1. The summed E-state index contributed by atoms with van der Waals surface area (Å²) >= 11 is 7.48. The van der Waals surface area contributed by atoms with E-state index in [1.54, 1.807) is 5.38 Å². The summed E-state index contributed by atoms with van der Waals surface area (Å²) in [5.41, 5.74) is 0.280. The summed E-state index contributed by atoms with van der Waals surface area (Å²) in [6, 6.07) is 2.45. The van der Waals surface area contributed by atoms with Crippen molar-refractivity contribution in [2.24, 2.45) is 0 Å². The number of aromatic nitrogens is 1. The van der Waals surface area contributed by atoms with Crippen LogP contribution in [0.5, 0.6) is 0 Å². The van der Waals surface area contributed by atoms with Crippen molar-refractivity contribution in [3.05, 3.63) is 34.5 Å². The molecule has 0 radical (unpaired) electrons. The average molecular weight is 475 g/mol. The number of nitrogens with zero attached hydrogens (tertiary/aromatic N) is 3. The molecule has 2 aliphatic heterocycles. The maximum atomic E-state index is 14.8. The van der Waals surface area contributed by atoms with E-state index in [4.69, 9.17) is 11.6 Å². The second-order valence-electron chi connectivity index (χ2n) is 7.80. The first-order chi connectivity index (χ1) is 14.3. The van der Waals surface area contributed by atoms with Gasteiger partial charge in [0.15, 0.2) is 5.13 Å². The van der Waals surface area contributed by atoms with E-state index >= 15 is 0 Å². The first-order valence-electron chi connectivity index (χ1n) is 9.77. The summed E-state index contributed by atoms with van der Waals surface area (Å²) < 4.78 is 41.5. The third-order valence-corrected chi connectivity index (χ3v) is 9.24. The first kappa shape index (κ1) is 21.8. The zero-order chi connectivity index (χ0) is 21.5. The number of nitrogens with one attached hydrogen (secondary N) is 1. The van der Waals surface area contributed by atoms with Gasteiger partial charge in [0, 0.05) is 36.8 Å². The van der Waals surface area contributed by atoms with Crippen LogP contribution in [-0.2, 0) is 10.0 Å². The van der Waals surface area contributed by atoms with Crippen LogP contribution in [0.3, 0.4) is 0 Å². The minimum Gasteiger partial charge on any atom is -0.395 e. The molecule has 1 aromatic heterocycles. The van der Waals surface area contributed by atoms with Crippen molar-refractivity contribution in [1.29, 1.82) is 0 Å². The fourth-order valence-corrected chi connectivity index (χ4v) is 6.95. The van der Waals surface area contributed by atoms with Crippen LogP contribution in [0.15, 0.2) is 28.6 Å². The molecule has 2 saturated heterocycles. The normalized spacial score (nSPS) is 24.2. The number of thiazole rings is 1. The van der Waals surface area contributed by atoms with E-state index in [0.717, 1.165) is 60.0 Å². The molecule has 164 valence electrons. The van der Waals surface area contributed by atoms with Crippen molar-refractivity contribution in [3.63, 3.8) is 0 Å². The van der Waals surface area contributed by atoms with Crippen LogP contribution in [0.4, 0.5) is 15.2 Å². The smallest absolute Gasteiger partial charge is 0.268 e. The number of rotatable bonds is 7. The number of anilines is 2. The van der Waals surface area contributed by atoms with Gasteiger partial charge in [0.1, 0.15) is 10.7 Å². The van der Waals surface area contributed by atoms with Gasteiger partial charge in [-0.2, -0.15) is 0 Å². The number of hydrogen-bond acceptors (Lipinski definition) is 7. The van der Waals surface area contributed by atoms with Crippen molar-refractivity contribution in [2.75, 3.05) is 36.4 Å². The van der Waals surface area contributed by atoms with E-state index < -0.39 is 20.7 Å². The number of benzene rings is 1.